The second-order valence-corrected chi connectivity index (χ2v) is 4.32. The van der Waals surface area contributed by atoms with Crippen LogP contribution in [0.3, 0.4) is 0 Å². The second kappa shape index (κ2) is 6.18. The van der Waals surface area contributed by atoms with Crippen LogP contribution in [0.1, 0.15) is 26.7 Å². The molecule has 2 unspecified atom stereocenters. The van der Waals surface area contributed by atoms with E-state index in [1.165, 1.54) is 0 Å². The van der Waals surface area contributed by atoms with E-state index < -0.39 is 5.60 Å². The molecule has 1 aliphatic heterocycles. The van der Waals surface area contributed by atoms with Crippen molar-refractivity contribution in [2.75, 3.05) is 26.2 Å². The Morgan fingerprint density at radius 2 is 2.38 bits per heavy atom. The Bertz CT molecular complexity index is 235. The molecule has 0 aromatic heterocycles. The average molecular weight is 230 g/mol. The van der Waals surface area contributed by atoms with Gasteiger partial charge in [0.15, 0.2) is 0 Å². The van der Waals surface area contributed by atoms with Crippen LogP contribution in [-0.2, 0) is 9.53 Å². The molecule has 5 heteroatoms. The number of carbonyl (C=O) groups is 1. The molecular formula is C11H22N2O3. The lowest BCUT2D eigenvalue weighted by molar-refractivity contribution is -0.122. The van der Waals surface area contributed by atoms with Crippen molar-refractivity contribution in [2.45, 2.75) is 38.4 Å². The highest BCUT2D eigenvalue weighted by Gasteiger charge is 2.39. The summed E-state index contributed by atoms with van der Waals surface area (Å²) in [6, 6.07) is 0. The van der Waals surface area contributed by atoms with Gasteiger partial charge in [0.25, 0.3) is 0 Å². The molecule has 1 amide bonds. The molecule has 5 nitrogen and oxygen atoms in total. The molecule has 3 N–H and O–H groups in total. The Balaban J connectivity index is 2.20. The first-order valence-corrected chi connectivity index (χ1v) is 5.90. The second-order valence-electron chi connectivity index (χ2n) is 4.32. The maximum absolute atomic E-state index is 11.4. The third-order valence-corrected chi connectivity index (χ3v) is 2.96. The lowest BCUT2D eigenvalue weighted by Crippen LogP contribution is -2.49. The van der Waals surface area contributed by atoms with Gasteiger partial charge in [0.2, 0.25) is 5.91 Å². The maximum atomic E-state index is 11.4. The highest BCUT2D eigenvalue weighted by atomic mass is 16.5. The van der Waals surface area contributed by atoms with Crippen molar-refractivity contribution in [1.82, 2.24) is 10.6 Å². The van der Waals surface area contributed by atoms with E-state index in [0.717, 1.165) is 13.0 Å². The fourth-order valence-corrected chi connectivity index (χ4v) is 1.70. The van der Waals surface area contributed by atoms with Crippen LogP contribution in [0.4, 0.5) is 0 Å². The van der Waals surface area contributed by atoms with Gasteiger partial charge in [-0.2, -0.15) is 0 Å². The first-order chi connectivity index (χ1) is 7.58. The van der Waals surface area contributed by atoms with E-state index in [-0.39, 0.29) is 18.6 Å². The zero-order chi connectivity index (χ0) is 12.0. The van der Waals surface area contributed by atoms with Crippen molar-refractivity contribution in [1.29, 1.82) is 0 Å². The Morgan fingerprint density at radius 3 is 2.94 bits per heavy atom. The summed E-state index contributed by atoms with van der Waals surface area (Å²) in [4.78, 5) is 11.4. The van der Waals surface area contributed by atoms with Crippen LogP contribution < -0.4 is 10.6 Å². The van der Waals surface area contributed by atoms with Gasteiger partial charge >= 0.3 is 0 Å². The van der Waals surface area contributed by atoms with Crippen LogP contribution in [0.25, 0.3) is 0 Å². The first kappa shape index (κ1) is 13.4. The fourth-order valence-electron chi connectivity index (χ4n) is 1.70. The van der Waals surface area contributed by atoms with Crippen LogP contribution in [0.15, 0.2) is 0 Å². The van der Waals surface area contributed by atoms with E-state index in [4.69, 9.17) is 4.74 Å². The summed E-state index contributed by atoms with van der Waals surface area (Å²) in [5.74, 6) is -0.0824. The van der Waals surface area contributed by atoms with Crippen LogP contribution in [0.5, 0.6) is 0 Å². The van der Waals surface area contributed by atoms with Gasteiger partial charge in [-0.25, -0.2) is 0 Å². The third kappa shape index (κ3) is 3.73. The molecule has 1 heterocycles. The van der Waals surface area contributed by atoms with Crippen molar-refractivity contribution < 1.29 is 14.6 Å². The van der Waals surface area contributed by atoms with E-state index in [2.05, 4.69) is 10.6 Å². The molecule has 0 aliphatic carbocycles. The predicted octanol–water partition coefficient (Wildman–Crippen LogP) is -0.358. The van der Waals surface area contributed by atoms with Gasteiger partial charge in [-0.1, -0.05) is 6.92 Å². The monoisotopic (exact) mass is 230 g/mol. The molecule has 1 rings (SSSR count). The highest BCUT2D eigenvalue weighted by molar-refractivity contribution is 5.78. The Labute approximate surface area is 96.6 Å². The third-order valence-electron chi connectivity index (χ3n) is 2.96. The van der Waals surface area contributed by atoms with Crippen molar-refractivity contribution in [3.63, 3.8) is 0 Å². The number of rotatable bonds is 6. The molecule has 0 saturated carbocycles. The molecular weight excluding hydrogens is 208 g/mol. The summed E-state index contributed by atoms with van der Waals surface area (Å²) in [5.41, 5.74) is -0.902. The molecule has 0 radical (unpaired) electrons. The summed E-state index contributed by atoms with van der Waals surface area (Å²) in [5, 5.41) is 15.9. The van der Waals surface area contributed by atoms with Gasteiger partial charge < -0.3 is 20.5 Å². The van der Waals surface area contributed by atoms with Crippen LogP contribution in [0, 0.1) is 0 Å². The normalized spacial score (nSPS) is 29.3. The van der Waals surface area contributed by atoms with Crippen LogP contribution in [-0.4, -0.2) is 49.0 Å². The predicted molar refractivity (Wildman–Crippen MR) is 61.2 cm³/mol. The maximum Gasteiger partial charge on any atom is 0.234 e. The van der Waals surface area contributed by atoms with Gasteiger partial charge in [-0.05, 0) is 19.9 Å². The number of nitrogens with one attached hydrogen (secondary N) is 2. The summed E-state index contributed by atoms with van der Waals surface area (Å²) in [7, 11) is 0. The van der Waals surface area contributed by atoms with E-state index in [1.807, 2.05) is 13.8 Å². The molecule has 2 atom stereocenters. The zero-order valence-electron chi connectivity index (χ0n) is 10.1. The van der Waals surface area contributed by atoms with Gasteiger partial charge in [0, 0.05) is 19.6 Å². The molecule has 1 saturated heterocycles. The minimum absolute atomic E-state index is 0.0824. The highest BCUT2D eigenvalue weighted by Crippen LogP contribution is 2.24. The smallest absolute Gasteiger partial charge is 0.234 e. The number of ether oxygens (including phenoxy) is 1. The van der Waals surface area contributed by atoms with Gasteiger partial charge in [-0.15, -0.1) is 0 Å². The Kier molecular flexibility index (Phi) is 5.18. The summed E-state index contributed by atoms with van der Waals surface area (Å²) >= 11 is 0. The average Bonchev–Trinajstić information content (AvgIpc) is 2.58. The van der Waals surface area contributed by atoms with Crippen LogP contribution in [0.2, 0.25) is 0 Å². The van der Waals surface area contributed by atoms with E-state index in [9.17, 15) is 9.90 Å². The molecule has 0 bridgehead atoms. The van der Waals surface area contributed by atoms with Crippen molar-refractivity contribution in [3.8, 4) is 0 Å². The van der Waals surface area contributed by atoms with Crippen molar-refractivity contribution in [2.24, 2.45) is 0 Å². The number of carbonyl (C=O) groups excluding carboxylic acids is 1. The van der Waals surface area contributed by atoms with Crippen molar-refractivity contribution >= 4 is 5.91 Å². The summed E-state index contributed by atoms with van der Waals surface area (Å²) in [6.07, 6.45) is 1.37. The van der Waals surface area contributed by atoms with E-state index in [0.29, 0.717) is 19.6 Å². The number of amides is 1. The molecule has 0 aromatic carbocycles. The molecule has 0 spiro atoms. The van der Waals surface area contributed by atoms with Gasteiger partial charge in [0.1, 0.15) is 5.60 Å². The molecule has 1 aliphatic rings. The van der Waals surface area contributed by atoms with E-state index in [1.54, 1.807) is 0 Å². The minimum Gasteiger partial charge on any atom is -0.385 e. The number of hydrogen-bond acceptors (Lipinski definition) is 4. The Morgan fingerprint density at radius 1 is 1.62 bits per heavy atom. The van der Waals surface area contributed by atoms with Gasteiger partial charge in [0.05, 0.1) is 12.6 Å². The molecule has 1 fully saturated rings. The molecule has 94 valence electrons. The number of aliphatic hydroxyl groups is 1. The first-order valence-electron chi connectivity index (χ1n) is 5.90. The Hall–Kier alpha value is -0.650. The SMILES string of the molecule is CCCNCC(=O)NCC1(O)CCOC1C. The topological polar surface area (TPSA) is 70.6 Å². The quantitative estimate of drug-likeness (QED) is 0.545. The lowest BCUT2D eigenvalue weighted by Gasteiger charge is -2.26. The standard InChI is InChI=1S/C11H22N2O3/c1-3-5-12-7-10(14)13-8-11(15)4-6-16-9(11)2/h9,12,15H,3-8H2,1-2H3,(H,13,14). The summed E-state index contributed by atoms with van der Waals surface area (Å²) < 4.78 is 5.28. The largest absolute Gasteiger partial charge is 0.385 e. The van der Waals surface area contributed by atoms with Crippen LogP contribution >= 0.6 is 0 Å². The van der Waals surface area contributed by atoms with Gasteiger partial charge in [-0.3, -0.25) is 4.79 Å². The minimum atomic E-state index is -0.902. The summed E-state index contributed by atoms with van der Waals surface area (Å²) in [6.45, 7) is 5.83. The van der Waals surface area contributed by atoms with Crippen molar-refractivity contribution in [3.05, 3.63) is 0 Å². The fraction of sp³-hybridized carbons (Fsp3) is 0.909. The molecule has 0 aromatic rings. The van der Waals surface area contributed by atoms with E-state index >= 15 is 0 Å². The molecule has 16 heavy (non-hydrogen) atoms. The zero-order valence-corrected chi connectivity index (χ0v) is 10.1. The number of hydrogen-bond donors (Lipinski definition) is 3. The lowest BCUT2D eigenvalue weighted by atomic mass is 9.97.